The van der Waals surface area contributed by atoms with Crippen molar-refractivity contribution in [2.24, 2.45) is 5.92 Å². The minimum absolute atomic E-state index is 0.0318. The number of aryl methyl sites for hydroxylation is 1. The van der Waals surface area contributed by atoms with E-state index in [0.29, 0.717) is 26.1 Å². The van der Waals surface area contributed by atoms with Crippen LogP contribution in [-0.2, 0) is 21.3 Å². The zero-order valence-electron chi connectivity index (χ0n) is 11.7. The normalized spacial score (nSPS) is 15.7. The summed E-state index contributed by atoms with van der Waals surface area (Å²) in [6.07, 6.45) is 4.61. The van der Waals surface area contributed by atoms with Gasteiger partial charge in [0, 0.05) is 32.5 Å². The van der Waals surface area contributed by atoms with E-state index in [-0.39, 0.29) is 10.7 Å². The van der Waals surface area contributed by atoms with Gasteiger partial charge in [-0.05, 0) is 32.1 Å². The zero-order chi connectivity index (χ0) is 14.6. The minimum Gasteiger partial charge on any atom is -0.381 e. The summed E-state index contributed by atoms with van der Waals surface area (Å²) in [6.45, 7) is 4.15. The van der Waals surface area contributed by atoms with Crippen LogP contribution in [0.5, 0.6) is 0 Å². The first-order valence-electron chi connectivity index (χ1n) is 6.93. The largest absolute Gasteiger partial charge is 0.381 e. The number of rotatable bonds is 9. The molecule has 20 heavy (non-hydrogen) atoms. The number of nitrogens with two attached hydrogens (primary N) is 1. The number of ether oxygens (including phenoxy) is 1. The van der Waals surface area contributed by atoms with Gasteiger partial charge >= 0.3 is 0 Å². The van der Waals surface area contributed by atoms with Crippen LogP contribution in [-0.4, -0.2) is 38.0 Å². The Labute approximate surface area is 119 Å². The third-order valence-electron chi connectivity index (χ3n) is 3.18. The molecule has 1 fully saturated rings. The fourth-order valence-electron chi connectivity index (χ4n) is 1.78. The van der Waals surface area contributed by atoms with Gasteiger partial charge in [0.25, 0.3) is 0 Å². The van der Waals surface area contributed by atoms with Crippen LogP contribution in [0.2, 0.25) is 0 Å². The Kier molecular flexibility index (Phi) is 5.00. The van der Waals surface area contributed by atoms with E-state index >= 15 is 0 Å². The van der Waals surface area contributed by atoms with Crippen molar-refractivity contribution in [2.45, 2.75) is 37.6 Å². The van der Waals surface area contributed by atoms with Gasteiger partial charge in [0.2, 0.25) is 10.0 Å². The molecule has 0 aromatic carbocycles. The van der Waals surface area contributed by atoms with Gasteiger partial charge in [-0.25, -0.2) is 13.1 Å². The van der Waals surface area contributed by atoms with Crippen molar-refractivity contribution < 1.29 is 13.2 Å². The molecule has 8 heteroatoms. The maximum absolute atomic E-state index is 12.0. The fraction of sp³-hybridized carbons (Fsp3) is 0.750. The van der Waals surface area contributed by atoms with E-state index in [9.17, 15) is 8.42 Å². The summed E-state index contributed by atoms with van der Waals surface area (Å²) in [5, 5.41) is 3.93. The second-order valence-corrected chi connectivity index (χ2v) is 6.74. The Morgan fingerprint density at radius 3 is 2.90 bits per heavy atom. The molecule has 0 atom stereocenters. The Morgan fingerprint density at radius 2 is 2.30 bits per heavy atom. The van der Waals surface area contributed by atoms with Crippen molar-refractivity contribution in [1.29, 1.82) is 0 Å². The van der Waals surface area contributed by atoms with Crippen LogP contribution < -0.4 is 10.5 Å². The van der Waals surface area contributed by atoms with Crippen molar-refractivity contribution in [3.05, 3.63) is 6.20 Å². The van der Waals surface area contributed by atoms with Gasteiger partial charge < -0.3 is 10.5 Å². The first-order valence-corrected chi connectivity index (χ1v) is 8.41. The fourth-order valence-corrected chi connectivity index (χ4v) is 2.93. The predicted molar refractivity (Wildman–Crippen MR) is 75.7 cm³/mol. The number of sulfonamides is 1. The SMILES string of the molecule is CCn1cc(S(=O)(=O)NCCCOCC2CC2)c(N)n1. The van der Waals surface area contributed by atoms with Crippen molar-refractivity contribution in [3.63, 3.8) is 0 Å². The molecule has 0 aliphatic heterocycles. The molecular formula is C12H22N4O3S. The Hall–Kier alpha value is -1.12. The first-order chi connectivity index (χ1) is 9.53. The molecule has 0 unspecified atom stereocenters. The summed E-state index contributed by atoms with van der Waals surface area (Å²) in [6, 6.07) is 0. The first kappa shape index (κ1) is 15.3. The highest BCUT2D eigenvalue weighted by molar-refractivity contribution is 7.89. The third-order valence-corrected chi connectivity index (χ3v) is 4.65. The third kappa shape index (κ3) is 4.19. The van der Waals surface area contributed by atoms with Crippen LogP contribution >= 0.6 is 0 Å². The summed E-state index contributed by atoms with van der Waals surface area (Å²) < 4.78 is 33.6. The summed E-state index contributed by atoms with van der Waals surface area (Å²) in [5.41, 5.74) is 5.62. The molecular weight excluding hydrogens is 280 g/mol. The van der Waals surface area contributed by atoms with Gasteiger partial charge in [0.15, 0.2) is 5.82 Å². The van der Waals surface area contributed by atoms with E-state index in [0.717, 1.165) is 12.5 Å². The maximum atomic E-state index is 12.0. The smallest absolute Gasteiger partial charge is 0.245 e. The number of nitrogen functional groups attached to an aromatic ring is 1. The van der Waals surface area contributed by atoms with Gasteiger partial charge in [-0.1, -0.05) is 0 Å². The van der Waals surface area contributed by atoms with Crippen LogP contribution in [0.15, 0.2) is 11.1 Å². The highest BCUT2D eigenvalue weighted by Crippen LogP contribution is 2.28. The van der Waals surface area contributed by atoms with Crippen LogP contribution in [0.1, 0.15) is 26.2 Å². The molecule has 1 aliphatic rings. The molecule has 1 heterocycles. The lowest BCUT2D eigenvalue weighted by Gasteiger charge is -2.06. The highest BCUT2D eigenvalue weighted by atomic mass is 32.2. The molecule has 2 rings (SSSR count). The summed E-state index contributed by atoms with van der Waals surface area (Å²) in [5.74, 6) is 0.760. The molecule has 1 aromatic heterocycles. The topological polar surface area (TPSA) is 99.2 Å². The van der Waals surface area contributed by atoms with E-state index in [4.69, 9.17) is 10.5 Å². The van der Waals surface area contributed by atoms with E-state index in [1.165, 1.54) is 23.7 Å². The quantitative estimate of drug-likeness (QED) is 0.650. The van der Waals surface area contributed by atoms with E-state index in [1.807, 2.05) is 6.92 Å². The molecule has 0 amide bonds. The summed E-state index contributed by atoms with van der Waals surface area (Å²) >= 11 is 0. The maximum Gasteiger partial charge on any atom is 0.245 e. The average molecular weight is 302 g/mol. The van der Waals surface area contributed by atoms with Crippen LogP contribution in [0.3, 0.4) is 0 Å². The molecule has 7 nitrogen and oxygen atoms in total. The molecule has 0 bridgehead atoms. The van der Waals surface area contributed by atoms with Crippen LogP contribution in [0.25, 0.3) is 0 Å². The van der Waals surface area contributed by atoms with Crippen molar-refractivity contribution in [2.75, 3.05) is 25.5 Å². The Bertz CT molecular complexity index is 537. The van der Waals surface area contributed by atoms with Gasteiger partial charge in [-0.2, -0.15) is 5.10 Å². The van der Waals surface area contributed by atoms with Crippen LogP contribution in [0.4, 0.5) is 5.82 Å². The lowest BCUT2D eigenvalue weighted by atomic mass is 10.4. The van der Waals surface area contributed by atoms with Crippen molar-refractivity contribution >= 4 is 15.8 Å². The minimum atomic E-state index is -3.59. The number of anilines is 1. The van der Waals surface area contributed by atoms with Gasteiger partial charge in [0.1, 0.15) is 4.90 Å². The number of aromatic nitrogens is 2. The summed E-state index contributed by atoms with van der Waals surface area (Å²) in [7, 11) is -3.59. The Morgan fingerprint density at radius 1 is 1.55 bits per heavy atom. The van der Waals surface area contributed by atoms with Crippen LogP contribution in [0, 0.1) is 5.92 Å². The molecule has 1 saturated carbocycles. The lowest BCUT2D eigenvalue weighted by molar-refractivity contribution is 0.123. The molecule has 0 saturated heterocycles. The van der Waals surface area contributed by atoms with Crippen molar-refractivity contribution in [1.82, 2.24) is 14.5 Å². The standard InChI is InChI=1S/C12H22N4O3S/c1-2-16-8-11(12(13)15-16)20(17,18)14-6-3-7-19-9-10-4-5-10/h8,10,14H,2-7,9H2,1H3,(H2,13,15). The molecule has 0 spiro atoms. The Balaban J connectivity index is 1.75. The monoisotopic (exact) mass is 302 g/mol. The molecule has 114 valence electrons. The zero-order valence-corrected chi connectivity index (χ0v) is 12.5. The number of nitrogens with zero attached hydrogens (tertiary/aromatic N) is 2. The van der Waals surface area contributed by atoms with Gasteiger partial charge in [0.05, 0.1) is 0 Å². The van der Waals surface area contributed by atoms with E-state index in [1.54, 1.807) is 0 Å². The molecule has 1 aromatic rings. The summed E-state index contributed by atoms with van der Waals surface area (Å²) in [4.78, 5) is 0.0400. The number of hydrogen-bond acceptors (Lipinski definition) is 5. The van der Waals surface area contributed by atoms with Gasteiger partial charge in [-0.15, -0.1) is 0 Å². The van der Waals surface area contributed by atoms with E-state index < -0.39 is 10.0 Å². The lowest BCUT2D eigenvalue weighted by Crippen LogP contribution is -2.26. The number of nitrogens with one attached hydrogen (secondary N) is 1. The molecule has 1 aliphatic carbocycles. The predicted octanol–water partition coefficient (Wildman–Crippen LogP) is 0.580. The van der Waals surface area contributed by atoms with Gasteiger partial charge in [-0.3, -0.25) is 4.68 Å². The number of hydrogen-bond donors (Lipinski definition) is 2. The van der Waals surface area contributed by atoms with E-state index in [2.05, 4.69) is 9.82 Å². The molecule has 3 N–H and O–H groups in total. The highest BCUT2D eigenvalue weighted by Gasteiger charge is 2.21. The van der Waals surface area contributed by atoms with Crippen molar-refractivity contribution in [3.8, 4) is 0 Å². The second-order valence-electron chi connectivity index (χ2n) is 5.00. The average Bonchev–Trinajstić information content (AvgIpc) is 3.14. The molecule has 0 radical (unpaired) electrons. The second kappa shape index (κ2) is 6.55.